The molecule has 1 aromatic heterocycles. The summed E-state index contributed by atoms with van der Waals surface area (Å²) in [5.41, 5.74) is 7.09. The van der Waals surface area contributed by atoms with Crippen LogP contribution in [-0.2, 0) is 0 Å². The Kier molecular flexibility index (Phi) is 3.94. The number of hydrogen-bond acceptors (Lipinski definition) is 2. The van der Waals surface area contributed by atoms with Crippen LogP contribution in [0.2, 0.25) is 0 Å². The fourth-order valence-electron chi connectivity index (χ4n) is 2.65. The number of nitrogens with one attached hydrogen (secondary N) is 1. The molecule has 1 saturated carbocycles. The normalized spacial score (nSPS) is 16.4. The minimum Gasteiger partial charge on any atom is -0.397 e. The van der Waals surface area contributed by atoms with E-state index in [2.05, 4.69) is 5.32 Å². The molecule has 18 heavy (non-hydrogen) atoms. The first-order valence-electron chi connectivity index (χ1n) is 6.83. The van der Waals surface area contributed by atoms with Crippen LogP contribution in [0.3, 0.4) is 0 Å². The standard InChI is InChI=1S/C14H23N3O/c1-10(2)17-9-12(15)7-13(17)14(18)16-8-11-5-3-4-6-11/h7,9-11H,3-6,8,15H2,1-2H3,(H,16,18). The van der Waals surface area contributed by atoms with Gasteiger partial charge in [-0.1, -0.05) is 12.8 Å². The monoisotopic (exact) mass is 249 g/mol. The summed E-state index contributed by atoms with van der Waals surface area (Å²) >= 11 is 0. The van der Waals surface area contributed by atoms with Crippen LogP contribution in [-0.4, -0.2) is 17.0 Å². The number of nitrogen functional groups attached to an aromatic ring is 1. The Balaban J connectivity index is 1.99. The molecule has 1 heterocycles. The summed E-state index contributed by atoms with van der Waals surface area (Å²) < 4.78 is 1.93. The number of carbonyl (C=O) groups is 1. The quantitative estimate of drug-likeness (QED) is 0.861. The Morgan fingerprint density at radius 3 is 2.78 bits per heavy atom. The second kappa shape index (κ2) is 5.46. The van der Waals surface area contributed by atoms with Crippen molar-refractivity contribution in [3.05, 3.63) is 18.0 Å². The zero-order valence-corrected chi connectivity index (χ0v) is 11.3. The molecule has 3 N–H and O–H groups in total. The van der Waals surface area contributed by atoms with E-state index < -0.39 is 0 Å². The highest BCUT2D eigenvalue weighted by molar-refractivity contribution is 5.93. The van der Waals surface area contributed by atoms with Crippen molar-refractivity contribution in [2.75, 3.05) is 12.3 Å². The maximum Gasteiger partial charge on any atom is 0.268 e. The Morgan fingerprint density at radius 1 is 1.50 bits per heavy atom. The Labute approximate surface area is 109 Å². The first-order valence-corrected chi connectivity index (χ1v) is 6.83. The number of nitrogens with two attached hydrogens (primary N) is 1. The van der Waals surface area contributed by atoms with Crippen LogP contribution in [0.5, 0.6) is 0 Å². The Hall–Kier alpha value is -1.45. The van der Waals surface area contributed by atoms with Crippen molar-refractivity contribution in [1.82, 2.24) is 9.88 Å². The molecule has 1 amide bonds. The summed E-state index contributed by atoms with van der Waals surface area (Å²) in [6, 6.07) is 2.00. The third kappa shape index (κ3) is 2.86. The van der Waals surface area contributed by atoms with Crippen LogP contribution in [0.4, 0.5) is 5.69 Å². The maximum absolute atomic E-state index is 12.2. The number of anilines is 1. The molecule has 2 rings (SSSR count). The van der Waals surface area contributed by atoms with Gasteiger partial charge in [0, 0.05) is 18.8 Å². The summed E-state index contributed by atoms with van der Waals surface area (Å²) in [5.74, 6) is 0.654. The molecule has 4 nitrogen and oxygen atoms in total. The smallest absolute Gasteiger partial charge is 0.268 e. The zero-order chi connectivity index (χ0) is 13.1. The highest BCUT2D eigenvalue weighted by Crippen LogP contribution is 2.24. The van der Waals surface area contributed by atoms with E-state index in [9.17, 15) is 4.79 Å². The van der Waals surface area contributed by atoms with Gasteiger partial charge in [-0.15, -0.1) is 0 Å². The first kappa shape index (κ1) is 13.0. The van der Waals surface area contributed by atoms with Gasteiger partial charge in [-0.2, -0.15) is 0 Å². The van der Waals surface area contributed by atoms with Gasteiger partial charge in [0.15, 0.2) is 0 Å². The van der Waals surface area contributed by atoms with Gasteiger partial charge in [0.1, 0.15) is 5.69 Å². The second-order valence-electron chi connectivity index (χ2n) is 5.52. The van der Waals surface area contributed by atoms with Crippen LogP contribution in [0.25, 0.3) is 0 Å². The summed E-state index contributed by atoms with van der Waals surface area (Å²) in [7, 11) is 0. The average molecular weight is 249 g/mol. The van der Waals surface area contributed by atoms with Crippen LogP contribution >= 0.6 is 0 Å². The lowest BCUT2D eigenvalue weighted by atomic mass is 10.1. The number of nitrogens with zero attached hydrogens (tertiary/aromatic N) is 1. The van der Waals surface area contributed by atoms with Gasteiger partial charge in [0.25, 0.3) is 5.91 Å². The molecule has 0 unspecified atom stereocenters. The summed E-state index contributed by atoms with van der Waals surface area (Å²) in [5, 5.41) is 3.03. The lowest BCUT2D eigenvalue weighted by Crippen LogP contribution is -2.30. The molecular formula is C14H23N3O. The van der Waals surface area contributed by atoms with Crippen molar-refractivity contribution in [3.63, 3.8) is 0 Å². The highest BCUT2D eigenvalue weighted by Gasteiger charge is 2.18. The van der Waals surface area contributed by atoms with Crippen molar-refractivity contribution in [1.29, 1.82) is 0 Å². The SMILES string of the molecule is CC(C)n1cc(N)cc1C(=O)NCC1CCCC1. The van der Waals surface area contributed by atoms with E-state index in [-0.39, 0.29) is 11.9 Å². The van der Waals surface area contributed by atoms with Crippen molar-refractivity contribution < 1.29 is 4.79 Å². The van der Waals surface area contributed by atoms with Crippen LogP contribution in [0.15, 0.2) is 12.3 Å². The van der Waals surface area contributed by atoms with Crippen LogP contribution < -0.4 is 11.1 Å². The summed E-state index contributed by atoms with van der Waals surface area (Å²) in [6.45, 7) is 4.89. The summed E-state index contributed by atoms with van der Waals surface area (Å²) in [4.78, 5) is 12.2. The van der Waals surface area contributed by atoms with E-state index in [0.717, 1.165) is 6.54 Å². The first-order chi connectivity index (χ1) is 8.58. The van der Waals surface area contributed by atoms with Gasteiger partial charge in [0.2, 0.25) is 0 Å². The van der Waals surface area contributed by atoms with Crippen molar-refractivity contribution >= 4 is 11.6 Å². The molecule has 0 aromatic carbocycles. The topological polar surface area (TPSA) is 60.0 Å². The molecule has 0 spiro atoms. The maximum atomic E-state index is 12.2. The van der Waals surface area contributed by atoms with Crippen molar-refractivity contribution in [2.24, 2.45) is 5.92 Å². The third-order valence-corrected chi connectivity index (χ3v) is 3.68. The lowest BCUT2D eigenvalue weighted by Gasteiger charge is -2.14. The van der Waals surface area contributed by atoms with E-state index in [4.69, 9.17) is 5.73 Å². The molecule has 0 radical (unpaired) electrons. The van der Waals surface area contributed by atoms with E-state index >= 15 is 0 Å². The molecule has 1 aliphatic rings. The number of amides is 1. The molecule has 0 bridgehead atoms. The highest BCUT2D eigenvalue weighted by atomic mass is 16.1. The largest absolute Gasteiger partial charge is 0.397 e. The van der Waals surface area contributed by atoms with E-state index in [1.54, 1.807) is 6.07 Å². The Bertz CT molecular complexity index is 417. The van der Waals surface area contributed by atoms with Gasteiger partial charge in [0.05, 0.1) is 5.69 Å². The molecule has 4 heteroatoms. The predicted octanol–water partition coefficient (Wildman–Crippen LogP) is 2.57. The van der Waals surface area contributed by atoms with Crippen molar-refractivity contribution in [2.45, 2.75) is 45.6 Å². The molecule has 100 valence electrons. The molecule has 0 aliphatic heterocycles. The van der Waals surface area contributed by atoms with Crippen LogP contribution in [0, 0.1) is 5.92 Å². The molecule has 1 fully saturated rings. The van der Waals surface area contributed by atoms with Crippen LogP contribution in [0.1, 0.15) is 56.1 Å². The zero-order valence-electron chi connectivity index (χ0n) is 11.3. The van der Waals surface area contributed by atoms with Crippen molar-refractivity contribution in [3.8, 4) is 0 Å². The van der Waals surface area contributed by atoms with E-state index in [0.29, 0.717) is 17.3 Å². The molecule has 0 atom stereocenters. The number of rotatable bonds is 4. The number of aromatic nitrogens is 1. The van der Waals surface area contributed by atoms with Gasteiger partial charge >= 0.3 is 0 Å². The third-order valence-electron chi connectivity index (χ3n) is 3.68. The average Bonchev–Trinajstić information content (AvgIpc) is 2.94. The van der Waals surface area contributed by atoms with Gasteiger partial charge in [-0.05, 0) is 38.7 Å². The summed E-state index contributed by atoms with van der Waals surface area (Å²) in [6.07, 6.45) is 6.92. The molecule has 0 saturated heterocycles. The van der Waals surface area contributed by atoms with Gasteiger partial charge in [-0.25, -0.2) is 0 Å². The minimum atomic E-state index is -0.00713. The molecule has 1 aromatic rings. The fraction of sp³-hybridized carbons (Fsp3) is 0.643. The number of carbonyl (C=O) groups excluding carboxylic acids is 1. The fourth-order valence-corrected chi connectivity index (χ4v) is 2.65. The molecule has 1 aliphatic carbocycles. The molecular weight excluding hydrogens is 226 g/mol. The van der Waals surface area contributed by atoms with Gasteiger partial charge < -0.3 is 15.6 Å². The van der Waals surface area contributed by atoms with Gasteiger partial charge in [-0.3, -0.25) is 4.79 Å². The van der Waals surface area contributed by atoms with E-state index in [1.165, 1.54) is 25.7 Å². The number of hydrogen-bond donors (Lipinski definition) is 2. The predicted molar refractivity (Wildman–Crippen MR) is 73.5 cm³/mol. The second-order valence-corrected chi connectivity index (χ2v) is 5.52. The van der Waals surface area contributed by atoms with E-state index in [1.807, 2.05) is 24.6 Å². The lowest BCUT2D eigenvalue weighted by molar-refractivity contribution is 0.0936. The Morgan fingerprint density at radius 2 is 2.17 bits per heavy atom. The minimum absolute atomic E-state index is 0.00713.